The molecule has 1 saturated heterocycles. The molecule has 1 fully saturated rings. The van der Waals surface area contributed by atoms with Gasteiger partial charge >= 0.3 is 0 Å². The third kappa shape index (κ3) is 4.22. The van der Waals surface area contributed by atoms with E-state index in [1.807, 2.05) is 6.07 Å². The lowest BCUT2D eigenvalue weighted by atomic mass is 9.92. The first-order chi connectivity index (χ1) is 14.5. The number of rotatable bonds is 5. The van der Waals surface area contributed by atoms with Gasteiger partial charge in [0.25, 0.3) is 5.56 Å². The summed E-state index contributed by atoms with van der Waals surface area (Å²) in [4.78, 5) is 41.2. The average Bonchev–Trinajstić information content (AvgIpc) is 2.75. The molecule has 0 spiro atoms. The van der Waals surface area contributed by atoms with Crippen LogP contribution in [0.4, 0.5) is 4.39 Å². The molecule has 0 aliphatic carbocycles. The Morgan fingerprint density at radius 3 is 2.73 bits per heavy atom. The zero-order valence-corrected chi connectivity index (χ0v) is 16.2. The fourth-order valence-corrected chi connectivity index (χ4v) is 3.71. The van der Waals surface area contributed by atoms with E-state index in [1.54, 1.807) is 30.3 Å². The summed E-state index contributed by atoms with van der Waals surface area (Å²) in [6.07, 6.45) is 2.33. The molecule has 2 atom stereocenters. The molecule has 0 bridgehead atoms. The Bertz CT molecular complexity index is 1140. The van der Waals surface area contributed by atoms with Gasteiger partial charge in [0.1, 0.15) is 5.82 Å². The highest BCUT2D eigenvalue weighted by molar-refractivity contribution is 5.80. The molecule has 2 aromatic carbocycles. The van der Waals surface area contributed by atoms with E-state index in [0.717, 1.165) is 5.56 Å². The lowest BCUT2D eigenvalue weighted by molar-refractivity contribution is -0.127. The Morgan fingerprint density at radius 2 is 1.93 bits per heavy atom. The molecular weight excluding hydrogens is 387 g/mol. The maximum absolute atomic E-state index is 13.2. The van der Waals surface area contributed by atoms with Gasteiger partial charge in [0.2, 0.25) is 11.8 Å². The largest absolute Gasteiger partial charge is 0.351 e. The van der Waals surface area contributed by atoms with Crippen molar-refractivity contribution >= 4 is 22.7 Å². The quantitative estimate of drug-likeness (QED) is 0.676. The zero-order valence-electron chi connectivity index (χ0n) is 16.2. The molecule has 8 heteroatoms. The van der Waals surface area contributed by atoms with Crippen molar-refractivity contribution in [1.29, 1.82) is 0 Å². The summed E-state index contributed by atoms with van der Waals surface area (Å²) < 4.78 is 14.7. The predicted molar refractivity (Wildman–Crippen MR) is 109 cm³/mol. The second-order valence-corrected chi connectivity index (χ2v) is 7.32. The van der Waals surface area contributed by atoms with Gasteiger partial charge in [0.15, 0.2) is 0 Å². The van der Waals surface area contributed by atoms with Crippen LogP contribution < -0.4 is 16.2 Å². The van der Waals surface area contributed by atoms with Crippen molar-refractivity contribution < 1.29 is 14.0 Å². The lowest BCUT2D eigenvalue weighted by Gasteiger charge is -2.33. The second kappa shape index (κ2) is 8.44. The number of halogens is 1. The molecule has 2 amide bonds. The number of benzene rings is 2. The number of aryl methyl sites for hydroxylation is 1. The van der Waals surface area contributed by atoms with Crippen molar-refractivity contribution in [2.45, 2.75) is 37.9 Å². The minimum atomic E-state index is -0.430. The average molecular weight is 408 g/mol. The fraction of sp³-hybridized carbons (Fsp3) is 0.273. The monoisotopic (exact) mass is 408 g/mol. The molecular formula is C22H21FN4O3. The Labute approximate surface area is 171 Å². The molecule has 1 aliphatic rings. The minimum absolute atomic E-state index is 0.0977. The summed E-state index contributed by atoms with van der Waals surface area (Å²) >= 11 is 0. The van der Waals surface area contributed by atoms with E-state index in [4.69, 9.17) is 0 Å². The summed E-state index contributed by atoms with van der Waals surface area (Å²) in [5.41, 5.74) is 1.15. The number of amides is 2. The molecule has 2 heterocycles. The number of piperidine rings is 1. The minimum Gasteiger partial charge on any atom is -0.351 e. The van der Waals surface area contributed by atoms with Crippen molar-refractivity contribution in [3.63, 3.8) is 0 Å². The normalized spacial score (nSPS) is 18.8. The maximum atomic E-state index is 13.2. The van der Waals surface area contributed by atoms with Crippen molar-refractivity contribution in [2.24, 2.45) is 0 Å². The van der Waals surface area contributed by atoms with Crippen LogP contribution in [-0.4, -0.2) is 27.4 Å². The van der Waals surface area contributed by atoms with Gasteiger partial charge in [0, 0.05) is 19.4 Å². The zero-order chi connectivity index (χ0) is 21.1. The number of hydrogen-bond donors (Lipinski definition) is 2. The van der Waals surface area contributed by atoms with Gasteiger partial charge in [-0.3, -0.25) is 19.0 Å². The van der Waals surface area contributed by atoms with Gasteiger partial charge in [-0.15, -0.1) is 0 Å². The van der Waals surface area contributed by atoms with Crippen LogP contribution in [0.15, 0.2) is 59.7 Å². The molecule has 0 radical (unpaired) electrons. The van der Waals surface area contributed by atoms with E-state index >= 15 is 0 Å². The highest BCUT2D eigenvalue weighted by Crippen LogP contribution is 2.24. The Balaban J connectivity index is 1.43. The number of nitrogens with zero attached hydrogens (tertiary/aromatic N) is 2. The van der Waals surface area contributed by atoms with Gasteiger partial charge in [-0.1, -0.05) is 24.3 Å². The highest BCUT2D eigenvalue weighted by Gasteiger charge is 2.31. The molecule has 2 N–H and O–H groups in total. The number of carbonyl (C=O) groups excluding carboxylic acids is 2. The third-order valence-electron chi connectivity index (χ3n) is 5.29. The van der Waals surface area contributed by atoms with Crippen LogP contribution in [0.1, 0.15) is 30.9 Å². The van der Waals surface area contributed by atoms with Crippen molar-refractivity contribution in [3.8, 4) is 0 Å². The van der Waals surface area contributed by atoms with Gasteiger partial charge in [-0.05, 0) is 36.2 Å². The van der Waals surface area contributed by atoms with Gasteiger partial charge < -0.3 is 10.6 Å². The van der Waals surface area contributed by atoms with Gasteiger partial charge in [-0.2, -0.15) is 0 Å². The third-order valence-corrected chi connectivity index (χ3v) is 5.29. The summed E-state index contributed by atoms with van der Waals surface area (Å²) in [5, 5.41) is 6.32. The van der Waals surface area contributed by atoms with Crippen molar-refractivity contribution in [1.82, 2.24) is 20.2 Å². The van der Waals surface area contributed by atoms with Crippen LogP contribution in [0.2, 0.25) is 0 Å². The highest BCUT2D eigenvalue weighted by atomic mass is 19.1. The van der Waals surface area contributed by atoms with Crippen LogP contribution in [0.25, 0.3) is 10.9 Å². The number of aromatic nitrogens is 2. The Morgan fingerprint density at radius 1 is 1.17 bits per heavy atom. The number of para-hydroxylation sites is 1. The first kappa shape index (κ1) is 19.8. The van der Waals surface area contributed by atoms with E-state index in [-0.39, 0.29) is 42.2 Å². The van der Waals surface area contributed by atoms with Crippen molar-refractivity contribution in [3.05, 3.63) is 76.6 Å². The molecule has 4 rings (SSSR count). The van der Waals surface area contributed by atoms with Crippen LogP contribution in [0.5, 0.6) is 0 Å². The summed E-state index contributed by atoms with van der Waals surface area (Å²) in [6.45, 7) is 0.197. The van der Waals surface area contributed by atoms with Crippen LogP contribution >= 0.6 is 0 Å². The van der Waals surface area contributed by atoms with Crippen molar-refractivity contribution in [2.75, 3.05) is 0 Å². The maximum Gasteiger partial charge on any atom is 0.261 e. The summed E-state index contributed by atoms with van der Waals surface area (Å²) in [5.74, 6) is -0.706. The first-order valence-electron chi connectivity index (χ1n) is 9.79. The van der Waals surface area contributed by atoms with E-state index in [9.17, 15) is 18.8 Å². The number of hydrogen-bond acceptors (Lipinski definition) is 4. The first-order valence-corrected chi connectivity index (χ1v) is 9.79. The van der Waals surface area contributed by atoms with E-state index in [2.05, 4.69) is 15.6 Å². The van der Waals surface area contributed by atoms with Crippen LogP contribution in [-0.2, 0) is 16.1 Å². The molecule has 30 heavy (non-hydrogen) atoms. The molecule has 3 aromatic rings. The smallest absolute Gasteiger partial charge is 0.261 e. The summed E-state index contributed by atoms with van der Waals surface area (Å²) in [7, 11) is 0. The Hall–Kier alpha value is -3.55. The van der Waals surface area contributed by atoms with E-state index in [0.29, 0.717) is 23.7 Å². The summed E-state index contributed by atoms with van der Waals surface area (Å²) in [6, 6.07) is 12.2. The molecule has 0 unspecified atom stereocenters. The van der Waals surface area contributed by atoms with Crippen LogP contribution in [0, 0.1) is 5.82 Å². The molecule has 1 aliphatic heterocycles. The van der Waals surface area contributed by atoms with E-state index < -0.39 is 6.04 Å². The molecule has 0 saturated carbocycles. The fourth-order valence-electron chi connectivity index (χ4n) is 3.71. The number of nitrogens with one attached hydrogen (secondary N) is 2. The lowest BCUT2D eigenvalue weighted by Crippen LogP contribution is -2.50. The number of carbonyl (C=O) groups is 2. The standard InChI is InChI=1S/C22H21FN4O3/c23-15-7-5-14(6-8-15)21-18(9-10-19(28)26-21)25-20(29)11-12-27-13-24-17-4-2-1-3-16(17)22(27)30/h1-8,13,18,21H,9-12H2,(H,25,29)(H,26,28)/t18-,21+/m1/s1. The van der Waals surface area contributed by atoms with E-state index in [1.165, 1.54) is 23.0 Å². The second-order valence-electron chi connectivity index (χ2n) is 7.32. The SMILES string of the molecule is O=C(CCn1cnc2ccccc2c1=O)N[C@@H]1CCC(=O)N[C@H]1c1ccc(F)cc1. The molecule has 7 nitrogen and oxygen atoms in total. The van der Waals surface area contributed by atoms with Crippen LogP contribution in [0.3, 0.4) is 0 Å². The topological polar surface area (TPSA) is 93.1 Å². The van der Waals surface area contributed by atoms with Gasteiger partial charge in [-0.25, -0.2) is 9.37 Å². The molecule has 1 aromatic heterocycles. The van der Waals surface area contributed by atoms with Gasteiger partial charge in [0.05, 0.1) is 29.3 Å². The number of fused-ring (bicyclic) bond motifs is 1. The molecule has 154 valence electrons. The Kier molecular flexibility index (Phi) is 5.56. The predicted octanol–water partition coefficient (Wildman–Crippen LogP) is 2.06.